The number of phenols is 1. The summed E-state index contributed by atoms with van der Waals surface area (Å²) in [6.07, 6.45) is 1.10. The predicted molar refractivity (Wildman–Crippen MR) is 87.9 cm³/mol. The number of phenolic OH excluding ortho intramolecular Hbond substituents is 1. The van der Waals surface area contributed by atoms with Crippen molar-refractivity contribution in [3.8, 4) is 17.2 Å². The van der Waals surface area contributed by atoms with Gasteiger partial charge in [0.1, 0.15) is 5.75 Å². The minimum Gasteiger partial charge on any atom is -0.507 e. The van der Waals surface area contributed by atoms with Crippen molar-refractivity contribution in [1.82, 2.24) is 10.1 Å². The van der Waals surface area contributed by atoms with E-state index in [1.165, 1.54) is 5.75 Å². The van der Waals surface area contributed by atoms with Gasteiger partial charge in [-0.3, -0.25) is 0 Å². The molecule has 3 rings (SSSR count). The second-order valence-electron chi connectivity index (χ2n) is 5.09. The van der Waals surface area contributed by atoms with E-state index in [0.717, 1.165) is 23.6 Å². The third-order valence-electron chi connectivity index (χ3n) is 3.53. The van der Waals surface area contributed by atoms with Gasteiger partial charge < -0.3 is 9.63 Å². The van der Waals surface area contributed by atoms with Crippen LogP contribution in [0.3, 0.4) is 0 Å². The van der Waals surface area contributed by atoms with Gasteiger partial charge in [0, 0.05) is 16.8 Å². The molecule has 1 aliphatic rings. The normalized spacial score (nSPS) is 22.4. The first kappa shape index (κ1) is 14.8. The molecule has 1 fully saturated rings. The van der Waals surface area contributed by atoms with E-state index in [0.29, 0.717) is 16.7 Å². The van der Waals surface area contributed by atoms with Crippen LogP contribution in [0.5, 0.6) is 5.75 Å². The summed E-state index contributed by atoms with van der Waals surface area (Å²) >= 11 is 3.88. The van der Waals surface area contributed by atoms with Crippen molar-refractivity contribution >= 4 is 23.5 Å². The zero-order chi connectivity index (χ0) is 14.8. The molecule has 4 nitrogen and oxygen atoms in total. The Balaban J connectivity index is 1.90. The molecule has 21 heavy (non-hydrogen) atoms. The number of aryl methyl sites for hydroxylation is 1. The van der Waals surface area contributed by atoms with Crippen molar-refractivity contribution in [1.29, 1.82) is 0 Å². The van der Waals surface area contributed by atoms with E-state index in [2.05, 4.69) is 17.1 Å². The summed E-state index contributed by atoms with van der Waals surface area (Å²) in [6, 6.07) is 5.39. The van der Waals surface area contributed by atoms with Gasteiger partial charge in [-0.25, -0.2) is 0 Å². The van der Waals surface area contributed by atoms with Gasteiger partial charge in [-0.15, -0.1) is 11.8 Å². The number of thioether (sulfide) groups is 2. The van der Waals surface area contributed by atoms with Gasteiger partial charge in [0.15, 0.2) is 5.82 Å². The third-order valence-corrected chi connectivity index (χ3v) is 6.77. The number of aromatic nitrogens is 2. The Morgan fingerprint density at radius 1 is 1.33 bits per heavy atom. The van der Waals surface area contributed by atoms with Crippen LogP contribution in [-0.4, -0.2) is 32.0 Å². The summed E-state index contributed by atoms with van der Waals surface area (Å²) in [5.74, 6) is 3.62. The molecule has 0 spiro atoms. The highest BCUT2D eigenvalue weighted by Gasteiger charge is 2.30. The van der Waals surface area contributed by atoms with Crippen LogP contribution < -0.4 is 0 Å². The van der Waals surface area contributed by atoms with Gasteiger partial charge in [0.25, 0.3) is 5.89 Å². The zero-order valence-corrected chi connectivity index (χ0v) is 13.7. The topological polar surface area (TPSA) is 59.2 Å². The number of aromatic hydroxyl groups is 1. The summed E-state index contributed by atoms with van der Waals surface area (Å²) in [5, 5.41) is 14.9. The lowest BCUT2D eigenvalue weighted by atomic mass is 10.1. The molecule has 0 amide bonds. The summed E-state index contributed by atoms with van der Waals surface area (Å²) in [4.78, 5) is 4.53. The molecule has 1 aromatic carbocycles. The Morgan fingerprint density at radius 3 is 2.95 bits per heavy atom. The van der Waals surface area contributed by atoms with Crippen LogP contribution in [0.2, 0.25) is 0 Å². The second-order valence-corrected chi connectivity index (χ2v) is 7.68. The Labute approximate surface area is 132 Å². The lowest BCUT2D eigenvalue weighted by Crippen LogP contribution is -2.19. The number of hydrogen-bond acceptors (Lipinski definition) is 6. The highest BCUT2D eigenvalue weighted by molar-refractivity contribution is 8.06. The van der Waals surface area contributed by atoms with E-state index in [1.807, 2.05) is 42.6 Å². The van der Waals surface area contributed by atoms with Crippen LogP contribution in [0, 0.1) is 6.92 Å². The number of rotatable bonds is 3. The van der Waals surface area contributed by atoms with Crippen molar-refractivity contribution in [2.24, 2.45) is 0 Å². The summed E-state index contributed by atoms with van der Waals surface area (Å²) in [7, 11) is 0. The Bertz CT molecular complexity index is 630. The first-order valence-corrected chi connectivity index (χ1v) is 9.15. The molecule has 2 atom stereocenters. The number of benzene rings is 1. The van der Waals surface area contributed by atoms with Gasteiger partial charge in [-0.1, -0.05) is 23.7 Å². The predicted octanol–water partition coefficient (Wildman–Crippen LogP) is 4.05. The van der Waals surface area contributed by atoms with Crippen LogP contribution in [0.15, 0.2) is 22.7 Å². The quantitative estimate of drug-likeness (QED) is 0.920. The second kappa shape index (κ2) is 6.32. The first-order valence-electron chi connectivity index (χ1n) is 7.06. The zero-order valence-electron chi connectivity index (χ0n) is 12.1. The molecule has 1 saturated heterocycles. The van der Waals surface area contributed by atoms with Gasteiger partial charge >= 0.3 is 0 Å². The largest absolute Gasteiger partial charge is 0.507 e. The highest BCUT2D eigenvalue weighted by atomic mass is 32.2. The standard InChI is InChI=1S/C15H18N2O2S2/c1-3-12-13(21-7-6-20-12)14-16-15(19-17-14)10-8-9(2)4-5-11(10)18/h4-5,8,12-13,18H,3,6-7H2,1-2H3. The first-order chi connectivity index (χ1) is 10.2. The van der Waals surface area contributed by atoms with E-state index >= 15 is 0 Å². The fraction of sp³-hybridized carbons (Fsp3) is 0.467. The van der Waals surface area contributed by atoms with Crippen molar-refractivity contribution < 1.29 is 9.63 Å². The molecule has 0 aliphatic carbocycles. The summed E-state index contributed by atoms with van der Waals surface area (Å²) < 4.78 is 5.39. The number of nitrogens with zero attached hydrogens (tertiary/aromatic N) is 2. The van der Waals surface area contributed by atoms with E-state index in [4.69, 9.17) is 4.52 Å². The highest BCUT2D eigenvalue weighted by Crippen LogP contribution is 2.43. The van der Waals surface area contributed by atoms with E-state index in [1.54, 1.807) is 6.07 Å². The van der Waals surface area contributed by atoms with Crippen molar-refractivity contribution in [2.75, 3.05) is 11.5 Å². The molecule has 1 N–H and O–H groups in total. The number of hydrogen-bond donors (Lipinski definition) is 1. The molecule has 0 saturated carbocycles. The molecular formula is C15H18N2O2S2. The summed E-state index contributed by atoms with van der Waals surface area (Å²) in [6.45, 7) is 4.17. The molecule has 1 aliphatic heterocycles. The smallest absolute Gasteiger partial charge is 0.261 e. The average Bonchev–Trinajstić information content (AvgIpc) is 2.99. The Kier molecular flexibility index (Phi) is 4.45. The van der Waals surface area contributed by atoms with Crippen LogP contribution in [0.1, 0.15) is 30.0 Å². The van der Waals surface area contributed by atoms with Crippen LogP contribution >= 0.6 is 23.5 Å². The fourth-order valence-electron chi connectivity index (χ4n) is 2.42. The van der Waals surface area contributed by atoms with Crippen LogP contribution in [0.25, 0.3) is 11.5 Å². The van der Waals surface area contributed by atoms with E-state index in [9.17, 15) is 5.11 Å². The third kappa shape index (κ3) is 3.06. The molecule has 1 aromatic heterocycles. The maximum Gasteiger partial charge on any atom is 0.261 e. The molecule has 6 heteroatoms. The minimum atomic E-state index is 0.175. The Morgan fingerprint density at radius 2 is 2.14 bits per heavy atom. The van der Waals surface area contributed by atoms with Gasteiger partial charge in [0.05, 0.1) is 10.8 Å². The average molecular weight is 322 g/mol. The van der Waals surface area contributed by atoms with Crippen molar-refractivity contribution in [3.05, 3.63) is 29.6 Å². The van der Waals surface area contributed by atoms with Gasteiger partial charge in [0.2, 0.25) is 0 Å². The molecule has 2 heterocycles. The van der Waals surface area contributed by atoms with Crippen molar-refractivity contribution in [3.63, 3.8) is 0 Å². The lowest BCUT2D eigenvalue weighted by Gasteiger charge is -2.27. The maximum absolute atomic E-state index is 9.97. The Hall–Kier alpha value is -1.14. The minimum absolute atomic E-state index is 0.175. The fourth-order valence-corrected chi connectivity index (χ4v) is 5.41. The monoisotopic (exact) mass is 322 g/mol. The summed E-state index contributed by atoms with van der Waals surface area (Å²) in [5.41, 5.74) is 1.66. The molecule has 2 unspecified atom stereocenters. The van der Waals surface area contributed by atoms with E-state index < -0.39 is 0 Å². The molecule has 112 valence electrons. The molecule has 0 bridgehead atoms. The van der Waals surface area contributed by atoms with E-state index in [-0.39, 0.29) is 11.0 Å². The molecular weight excluding hydrogens is 304 g/mol. The van der Waals surface area contributed by atoms with Crippen LogP contribution in [0.4, 0.5) is 0 Å². The molecule has 0 radical (unpaired) electrons. The molecule has 2 aromatic rings. The maximum atomic E-state index is 9.97. The van der Waals surface area contributed by atoms with Gasteiger partial charge in [-0.05, 0) is 25.5 Å². The van der Waals surface area contributed by atoms with Gasteiger partial charge in [-0.2, -0.15) is 16.7 Å². The SMILES string of the molecule is CCC1SCCSC1c1noc(-c2cc(C)ccc2O)n1. The lowest BCUT2D eigenvalue weighted by molar-refractivity contribution is 0.416. The van der Waals surface area contributed by atoms with Crippen molar-refractivity contribution in [2.45, 2.75) is 30.8 Å². The van der Waals surface area contributed by atoms with Crippen LogP contribution in [-0.2, 0) is 0 Å².